The summed E-state index contributed by atoms with van der Waals surface area (Å²) in [6, 6.07) is 2.85. The zero-order valence-corrected chi connectivity index (χ0v) is 10.9. The van der Waals surface area contributed by atoms with Crippen molar-refractivity contribution >= 4 is 11.7 Å². The molecule has 0 aliphatic heterocycles. The molecular weight excluding hydrogens is 254 g/mol. The lowest BCUT2D eigenvalue weighted by Crippen LogP contribution is -2.12. The predicted octanol–water partition coefficient (Wildman–Crippen LogP) is 1.88. The smallest absolute Gasteiger partial charge is 0.315 e. The Bertz CT molecular complexity index is 499. The van der Waals surface area contributed by atoms with Crippen LogP contribution in [0.3, 0.4) is 0 Å². The molecule has 0 amide bonds. The SMILES string of the molecule is COc1cc(CC(C)C(=O)O)cc([N+](=O)[O-])c1OC. The van der Waals surface area contributed by atoms with Gasteiger partial charge in [0.25, 0.3) is 0 Å². The number of hydrogen-bond donors (Lipinski definition) is 1. The fourth-order valence-corrected chi connectivity index (χ4v) is 1.69. The molecule has 0 fully saturated rings. The van der Waals surface area contributed by atoms with Crippen molar-refractivity contribution in [3.05, 3.63) is 27.8 Å². The van der Waals surface area contributed by atoms with Crippen molar-refractivity contribution in [2.45, 2.75) is 13.3 Å². The second kappa shape index (κ2) is 6.03. The number of carboxylic acid groups (broad SMARTS) is 1. The molecule has 0 saturated carbocycles. The highest BCUT2D eigenvalue weighted by Crippen LogP contribution is 2.38. The van der Waals surface area contributed by atoms with Gasteiger partial charge < -0.3 is 14.6 Å². The van der Waals surface area contributed by atoms with Crippen molar-refractivity contribution in [1.82, 2.24) is 0 Å². The van der Waals surface area contributed by atoms with Gasteiger partial charge in [0, 0.05) is 6.07 Å². The van der Waals surface area contributed by atoms with Crippen LogP contribution in [0.1, 0.15) is 12.5 Å². The molecule has 7 nitrogen and oxygen atoms in total. The van der Waals surface area contributed by atoms with E-state index in [1.54, 1.807) is 6.07 Å². The molecular formula is C12H15NO6. The lowest BCUT2D eigenvalue weighted by molar-refractivity contribution is -0.385. The Morgan fingerprint density at radius 3 is 2.47 bits per heavy atom. The fourth-order valence-electron chi connectivity index (χ4n) is 1.69. The first-order valence-electron chi connectivity index (χ1n) is 5.52. The third-order valence-corrected chi connectivity index (χ3v) is 2.68. The summed E-state index contributed by atoms with van der Waals surface area (Å²) in [4.78, 5) is 21.2. The van der Waals surface area contributed by atoms with Crippen molar-refractivity contribution in [2.24, 2.45) is 5.92 Å². The number of methoxy groups -OCH3 is 2. The lowest BCUT2D eigenvalue weighted by atomic mass is 10.0. The topological polar surface area (TPSA) is 98.9 Å². The van der Waals surface area contributed by atoms with Gasteiger partial charge in [-0.05, 0) is 18.1 Å². The van der Waals surface area contributed by atoms with E-state index in [0.29, 0.717) is 5.56 Å². The maximum absolute atomic E-state index is 11.0. The predicted molar refractivity (Wildman–Crippen MR) is 66.7 cm³/mol. The molecule has 0 radical (unpaired) electrons. The number of benzene rings is 1. The maximum atomic E-state index is 11.0. The number of hydrogen-bond acceptors (Lipinski definition) is 5. The number of rotatable bonds is 6. The Balaban J connectivity index is 3.24. The van der Waals surface area contributed by atoms with E-state index in [4.69, 9.17) is 14.6 Å². The molecule has 0 bridgehead atoms. The molecule has 1 atom stereocenters. The van der Waals surface area contributed by atoms with E-state index in [9.17, 15) is 14.9 Å². The van der Waals surface area contributed by atoms with E-state index in [0.717, 1.165) is 0 Å². The van der Waals surface area contributed by atoms with Gasteiger partial charge in [-0.15, -0.1) is 0 Å². The minimum absolute atomic E-state index is 0.0271. The van der Waals surface area contributed by atoms with Crippen LogP contribution in [0.5, 0.6) is 11.5 Å². The van der Waals surface area contributed by atoms with Gasteiger partial charge in [-0.25, -0.2) is 0 Å². The molecule has 0 saturated heterocycles. The lowest BCUT2D eigenvalue weighted by Gasteiger charge is -2.11. The van der Waals surface area contributed by atoms with Gasteiger partial charge in [0.15, 0.2) is 5.75 Å². The Labute approximate surface area is 109 Å². The number of ether oxygens (including phenoxy) is 2. The summed E-state index contributed by atoms with van der Waals surface area (Å²) in [5, 5.41) is 19.8. The summed E-state index contributed by atoms with van der Waals surface area (Å²) in [6.45, 7) is 1.53. The van der Waals surface area contributed by atoms with Crippen LogP contribution in [-0.2, 0) is 11.2 Å². The minimum atomic E-state index is -0.961. The van der Waals surface area contributed by atoms with Crippen LogP contribution < -0.4 is 9.47 Å². The number of carbonyl (C=O) groups is 1. The van der Waals surface area contributed by atoms with Crippen LogP contribution in [0.15, 0.2) is 12.1 Å². The van der Waals surface area contributed by atoms with Gasteiger partial charge in [0.2, 0.25) is 5.75 Å². The second-order valence-electron chi connectivity index (χ2n) is 4.05. The maximum Gasteiger partial charge on any atom is 0.315 e. The molecule has 0 aliphatic carbocycles. The number of nitro groups is 1. The van der Waals surface area contributed by atoms with Gasteiger partial charge in [-0.2, -0.15) is 0 Å². The van der Waals surface area contributed by atoms with E-state index in [2.05, 4.69) is 0 Å². The standard InChI is InChI=1S/C12H15NO6/c1-7(12(14)15)4-8-5-9(13(16)17)11(19-3)10(6-8)18-2/h5-7H,4H2,1-3H3,(H,14,15). The fraction of sp³-hybridized carbons (Fsp3) is 0.417. The van der Waals surface area contributed by atoms with Gasteiger partial charge in [0.05, 0.1) is 25.1 Å². The first-order chi connectivity index (χ1) is 8.90. The number of aliphatic carboxylic acids is 1. The summed E-state index contributed by atoms with van der Waals surface area (Å²) in [6.07, 6.45) is 0.177. The zero-order valence-electron chi connectivity index (χ0n) is 10.9. The van der Waals surface area contributed by atoms with Crippen LogP contribution in [0.25, 0.3) is 0 Å². The Morgan fingerprint density at radius 1 is 1.42 bits per heavy atom. The van der Waals surface area contributed by atoms with Gasteiger partial charge in [-0.1, -0.05) is 6.92 Å². The highest BCUT2D eigenvalue weighted by Gasteiger charge is 2.23. The van der Waals surface area contributed by atoms with Crippen LogP contribution >= 0.6 is 0 Å². The number of carboxylic acids is 1. The summed E-state index contributed by atoms with van der Waals surface area (Å²) in [5.41, 5.74) is 0.272. The van der Waals surface area contributed by atoms with Crippen LogP contribution in [0, 0.1) is 16.0 Å². The molecule has 1 aromatic rings. The second-order valence-corrected chi connectivity index (χ2v) is 4.05. The van der Waals surface area contributed by atoms with Crippen molar-refractivity contribution < 1.29 is 24.3 Å². The van der Waals surface area contributed by atoms with E-state index in [-0.39, 0.29) is 23.6 Å². The van der Waals surface area contributed by atoms with Crippen molar-refractivity contribution in [1.29, 1.82) is 0 Å². The van der Waals surface area contributed by atoms with Crippen LogP contribution in [-0.4, -0.2) is 30.2 Å². The zero-order chi connectivity index (χ0) is 14.6. The first kappa shape index (κ1) is 14.7. The highest BCUT2D eigenvalue weighted by atomic mass is 16.6. The summed E-state index contributed by atoms with van der Waals surface area (Å²) in [7, 11) is 2.68. The molecule has 0 aromatic heterocycles. The monoisotopic (exact) mass is 269 g/mol. The highest BCUT2D eigenvalue weighted by molar-refractivity contribution is 5.70. The van der Waals surface area contributed by atoms with Crippen molar-refractivity contribution in [3.8, 4) is 11.5 Å². The van der Waals surface area contributed by atoms with Gasteiger partial charge in [0.1, 0.15) is 0 Å². The Morgan fingerprint density at radius 2 is 2.05 bits per heavy atom. The molecule has 1 rings (SSSR count). The van der Waals surface area contributed by atoms with E-state index >= 15 is 0 Å². The van der Waals surface area contributed by atoms with Crippen LogP contribution in [0.4, 0.5) is 5.69 Å². The molecule has 0 heterocycles. The number of nitro benzene ring substituents is 1. The average Bonchev–Trinajstić information content (AvgIpc) is 2.37. The summed E-state index contributed by atoms with van der Waals surface area (Å²) >= 11 is 0. The third kappa shape index (κ3) is 3.34. The van der Waals surface area contributed by atoms with Gasteiger partial charge in [-0.3, -0.25) is 14.9 Å². The molecule has 7 heteroatoms. The quantitative estimate of drug-likeness (QED) is 0.625. The molecule has 19 heavy (non-hydrogen) atoms. The molecule has 1 unspecified atom stereocenters. The molecule has 104 valence electrons. The van der Waals surface area contributed by atoms with Gasteiger partial charge >= 0.3 is 11.7 Å². The Kier molecular flexibility index (Phi) is 4.68. The van der Waals surface area contributed by atoms with E-state index in [1.165, 1.54) is 27.2 Å². The first-order valence-corrected chi connectivity index (χ1v) is 5.52. The molecule has 1 aromatic carbocycles. The normalized spacial score (nSPS) is 11.7. The summed E-state index contributed by atoms with van der Waals surface area (Å²) < 4.78 is 9.99. The van der Waals surface area contributed by atoms with Crippen molar-refractivity contribution in [2.75, 3.05) is 14.2 Å². The van der Waals surface area contributed by atoms with Crippen molar-refractivity contribution in [3.63, 3.8) is 0 Å². The van der Waals surface area contributed by atoms with Crippen LogP contribution in [0.2, 0.25) is 0 Å². The Hall–Kier alpha value is -2.31. The van der Waals surface area contributed by atoms with E-state index < -0.39 is 16.8 Å². The third-order valence-electron chi connectivity index (χ3n) is 2.68. The minimum Gasteiger partial charge on any atom is -0.493 e. The molecule has 1 N–H and O–H groups in total. The molecule has 0 aliphatic rings. The summed E-state index contributed by atoms with van der Waals surface area (Å²) in [5.74, 6) is -1.36. The molecule has 0 spiro atoms. The largest absolute Gasteiger partial charge is 0.493 e. The average molecular weight is 269 g/mol. The number of nitrogens with zero attached hydrogens (tertiary/aromatic N) is 1. The van der Waals surface area contributed by atoms with E-state index in [1.807, 2.05) is 0 Å².